The van der Waals surface area contributed by atoms with E-state index in [0.29, 0.717) is 17.9 Å². The molecular formula is C22H29FN4O2. The van der Waals surface area contributed by atoms with Gasteiger partial charge in [-0.3, -0.25) is 0 Å². The monoisotopic (exact) mass is 400 g/mol. The summed E-state index contributed by atoms with van der Waals surface area (Å²) in [7, 11) is 1.56. The molecule has 0 amide bonds. The second-order valence-electron chi connectivity index (χ2n) is 6.99. The summed E-state index contributed by atoms with van der Waals surface area (Å²) in [6.07, 6.45) is 0. The number of methoxy groups -OCH3 is 1. The first kappa shape index (κ1) is 20.9. The smallest absolute Gasteiger partial charge is 0.194 e. The first-order valence-corrected chi connectivity index (χ1v) is 9.94. The highest BCUT2D eigenvalue weighted by Gasteiger charge is 2.21. The maximum atomic E-state index is 13.8. The van der Waals surface area contributed by atoms with E-state index in [2.05, 4.69) is 15.1 Å². The molecule has 0 radical (unpaired) electrons. The highest BCUT2D eigenvalue weighted by Crippen LogP contribution is 2.27. The van der Waals surface area contributed by atoms with E-state index in [9.17, 15) is 9.50 Å². The van der Waals surface area contributed by atoms with Crippen LogP contribution in [-0.2, 0) is 17.9 Å². The van der Waals surface area contributed by atoms with Crippen molar-refractivity contribution in [3.8, 4) is 5.75 Å². The summed E-state index contributed by atoms with van der Waals surface area (Å²) in [5, 5.41) is 13.4. The minimum atomic E-state index is -0.258. The molecule has 0 aliphatic carbocycles. The first-order valence-electron chi connectivity index (χ1n) is 9.94. The Bertz CT molecular complexity index is 835. The largest absolute Gasteiger partial charge is 0.506 e. The highest BCUT2D eigenvalue weighted by atomic mass is 19.1. The minimum absolute atomic E-state index is 0.248. The number of benzene rings is 2. The summed E-state index contributed by atoms with van der Waals surface area (Å²) >= 11 is 0. The van der Waals surface area contributed by atoms with Crippen LogP contribution in [-0.4, -0.2) is 55.8 Å². The lowest BCUT2D eigenvalue weighted by atomic mass is 10.1. The Balaban J connectivity index is 1.66. The predicted molar refractivity (Wildman–Crippen MR) is 114 cm³/mol. The Hall–Kier alpha value is -2.80. The predicted octanol–water partition coefficient (Wildman–Crippen LogP) is 2.97. The van der Waals surface area contributed by atoms with Crippen LogP contribution in [0.15, 0.2) is 47.5 Å². The maximum Gasteiger partial charge on any atom is 0.194 e. The van der Waals surface area contributed by atoms with Crippen molar-refractivity contribution in [1.82, 2.24) is 10.2 Å². The number of aliphatic imine (C=N–C) groups is 1. The Morgan fingerprint density at radius 1 is 1.17 bits per heavy atom. The second-order valence-corrected chi connectivity index (χ2v) is 6.99. The average molecular weight is 400 g/mol. The zero-order valence-corrected chi connectivity index (χ0v) is 17.1. The van der Waals surface area contributed by atoms with E-state index >= 15 is 0 Å². The van der Waals surface area contributed by atoms with Crippen LogP contribution in [0.5, 0.6) is 5.75 Å². The summed E-state index contributed by atoms with van der Waals surface area (Å²) in [6, 6.07) is 12.5. The molecule has 1 fully saturated rings. The standard InChI is InChI=1S/C22H29FN4O2/c1-3-24-22(25-15-17-8-9-19(23)18(14-17)16-29-2)27-12-10-26(11-13-27)20-6-4-5-7-21(20)28/h4-9,14,28H,3,10-13,15-16H2,1-2H3,(H,24,25). The summed E-state index contributed by atoms with van der Waals surface area (Å²) < 4.78 is 18.9. The molecular weight excluding hydrogens is 371 g/mol. The molecule has 1 heterocycles. The summed E-state index contributed by atoms with van der Waals surface area (Å²) in [5.74, 6) is 0.901. The van der Waals surface area contributed by atoms with Crippen molar-refractivity contribution in [2.45, 2.75) is 20.1 Å². The minimum Gasteiger partial charge on any atom is -0.506 e. The van der Waals surface area contributed by atoms with Gasteiger partial charge in [-0.15, -0.1) is 0 Å². The van der Waals surface area contributed by atoms with Gasteiger partial charge in [-0.25, -0.2) is 9.38 Å². The van der Waals surface area contributed by atoms with Crippen molar-refractivity contribution in [1.29, 1.82) is 0 Å². The fourth-order valence-corrected chi connectivity index (χ4v) is 3.48. The topological polar surface area (TPSA) is 60.3 Å². The van der Waals surface area contributed by atoms with Crippen molar-refractivity contribution in [2.24, 2.45) is 4.99 Å². The number of nitrogens with one attached hydrogen (secondary N) is 1. The fourth-order valence-electron chi connectivity index (χ4n) is 3.48. The van der Waals surface area contributed by atoms with Crippen molar-refractivity contribution in [3.63, 3.8) is 0 Å². The van der Waals surface area contributed by atoms with E-state index in [0.717, 1.165) is 49.9 Å². The number of guanidine groups is 1. The highest BCUT2D eigenvalue weighted by molar-refractivity contribution is 5.80. The molecule has 2 aromatic rings. The fraction of sp³-hybridized carbons (Fsp3) is 0.409. The number of para-hydroxylation sites is 2. The quantitative estimate of drug-likeness (QED) is 0.577. The number of halogens is 1. The van der Waals surface area contributed by atoms with Gasteiger partial charge < -0.3 is 25.0 Å². The van der Waals surface area contributed by atoms with Crippen molar-refractivity contribution in [3.05, 3.63) is 59.4 Å². The molecule has 0 atom stereocenters. The summed E-state index contributed by atoms with van der Waals surface area (Å²) in [4.78, 5) is 9.16. The number of hydrogen-bond acceptors (Lipinski definition) is 4. The molecule has 0 bridgehead atoms. The zero-order valence-electron chi connectivity index (χ0n) is 17.1. The van der Waals surface area contributed by atoms with Crippen LogP contribution in [0.25, 0.3) is 0 Å². The molecule has 6 nitrogen and oxygen atoms in total. The number of aromatic hydroxyl groups is 1. The van der Waals surface area contributed by atoms with E-state index in [1.807, 2.05) is 31.2 Å². The summed E-state index contributed by atoms with van der Waals surface area (Å²) in [6.45, 7) is 6.75. The number of anilines is 1. The van der Waals surface area contributed by atoms with Gasteiger partial charge in [0.2, 0.25) is 0 Å². The van der Waals surface area contributed by atoms with Gasteiger partial charge >= 0.3 is 0 Å². The normalized spacial score (nSPS) is 14.9. The third kappa shape index (κ3) is 5.38. The van der Waals surface area contributed by atoms with Crippen molar-refractivity contribution >= 4 is 11.6 Å². The lowest BCUT2D eigenvalue weighted by Crippen LogP contribution is -2.52. The van der Waals surface area contributed by atoms with Crippen molar-refractivity contribution < 1.29 is 14.2 Å². The summed E-state index contributed by atoms with van der Waals surface area (Å²) in [5.41, 5.74) is 2.36. The van der Waals surface area contributed by atoms with Crippen LogP contribution in [0.3, 0.4) is 0 Å². The number of ether oxygens (including phenoxy) is 1. The lowest BCUT2D eigenvalue weighted by molar-refractivity contribution is 0.181. The third-order valence-corrected chi connectivity index (χ3v) is 4.96. The van der Waals surface area contributed by atoms with Crippen LogP contribution in [0.4, 0.5) is 10.1 Å². The van der Waals surface area contributed by atoms with E-state index in [-0.39, 0.29) is 12.4 Å². The zero-order chi connectivity index (χ0) is 20.6. The van der Waals surface area contributed by atoms with Gasteiger partial charge in [0.05, 0.1) is 18.8 Å². The second kappa shape index (κ2) is 10.1. The molecule has 1 aliphatic heterocycles. The number of piperazine rings is 1. The van der Waals surface area contributed by atoms with Crippen LogP contribution in [0.1, 0.15) is 18.1 Å². The molecule has 29 heavy (non-hydrogen) atoms. The first-order chi connectivity index (χ1) is 14.1. The van der Waals surface area contributed by atoms with Crippen LogP contribution < -0.4 is 10.2 Å². The van der Waals surface area contributed by atoms with Gasteiger partial charge in [-0.05, 0) is 36.8 Å². The number of phenolic OH excluding ortho intramolecular Hbond substituents is 1. The van der Waals surface area contributed by atoms with Crippen LogP contribution in [0.2, 0.25) is 0 Å². The van der Waals surface area contributed by atoms with E-state index in [1.165, 1.54) is 6.07 Å². The molecule has 3 rings (SSSR count). The molecule has 2 aromatic carbocycles. The number of rotatable bonds is 6. The van der Waals surface area contributed by atoms with Gasteiger partial charge in [0.15, 0.2) is 5.96 Å². The van der Waals surface area contributed by atoms with Crippen LogP contribution >= 0.6 is 0 Å². The Morgan fingerprint density at radius 2 is 1.93 bits per heavy atom. The number of phenols is 1. The Labute approximate surface area is 171 Å². The van der Waals surface area contributed by atoms with Gasteiger partial charge in [0.1, 0.15) is 11.6 Å². The van der Waals surface area contributed by atoms with Crippen molar-refractivity contribution in [2.75, 3.05) is 44.7 Å². The third-order valence-electron chi connectivity index (χ3n) is 4.96. The lowest BCUT2D eigenvalue weighted by Gasteiger charge is -2.37. The molecule has 2 N–H and O–H groups in total. The SMILES string of the molecule is CCNC(=NCc1ccc(F)c(COC)c1)N1CCN(c2ccccc2O)CC1. The van der Waals surface area contributed by atoms with Gasteiger partial charge in [0, 0.05) is 45.4 Å². The molecule has 0 saturated carbocycles. The number of nitrogens with zero attached hydrogens (tertiary/aromatic N) is 3. The number of hydrogen-bond donors (Lipinski definition) is 2. The van der Waals surface area contributed by atoms with E-state index in [4.69, 9.17) is 9.73 Å². The van der Waals surface area contributed by atoms with E-state index < -0.39 is 0 Å². The molecule has 0 aromatic heterocycles. The molecule has 7 heteroatoms. The van der Waals surface area contributed by atoms with E-state index in [1.54, 1.807) is 19.2 Å². The van der Waals surface area contributed by atoms with Gasteiger partial charge in [-0.2, -0.15) is 0 Å². The molecule has 1 aliphatic rings. The van der Waals surface area contributed by atoms with Crippen LogP contribution in [0, 0.1) is 5.82 Å². The molecule has 0 spiro atoms. The molecule has 1 saturated heterocycles. The van der Waals surface area contributed by atoms with Gasteiger partial charge in [-0.1, -0.05) is 18.2 Å². The van der Waals surface area contributed by atoms with Gasteiger partial charge in [0.25, 0.3) is 0 Å². The molecule has 0 unspecified atom stereocenters. The average Bonchev–Trinajstić information content (AvgIpc) is 2.74. The Morgan fingerprint density at radius 3 is 2.62 bits per heavy atom. The molecule has 156 valence electrons. The maximum absolute atomic E-state index is 13.8. The Kier molecular flexibility index (Phi) is 7.30.